The Morgan fingerprint density at radius 1 is 0.717 bits per heavy atom. The molecule has 0 fully saturated rings. The molecule has 0 saturated carbocycles. The van der Waals surface area contributed by atoms with Crippen molar-refractivity contribution in [2.75, 3.05) is 0 Å². The third kappa shape index (κ3) is 5.35. The van der Waals surface area contributed by atoms with E-state index in [0.717, 1.165) is 0 Å². The molecule has 2 aliphatic carbocycles. The molecule has 2 atom stereocenters. The van der Waals surface area contributed by atoms with Gasteiger partial charge in [0.15, 0.2) is 0 Å². The van der Waals surface area contributed by atoms with Crippen molar-refractivity contribution in [1.29, 1.82) is 0 Å². The molecule has 0 aliphatic heterocycles. The van der Waals surface area contributed by atoms with Gasteiger partial charge in [0.25, 0.3) is 0 Å². The second-order valence-corrected chi connectivity index (χ2v) is 58.2. The number of aryl methyl sites for hydroxylation is 2. The van der Waals surface area contributed by atoms with Crippen LogP contribution in [0.3, 0.4) is 0 Å². The Labute approximate surface area is 286 Å². The molecule has 4 heteroatoms. The summed E-state index contributed by atoms with van der Waals surface area (Å²) in [6, 6.07) is 29.5. The Morgan fingerprint density at radius 2 is 1.37 bits per heavy atom. The molecule has 0 saturated heterocycles. The predicted molar refractivity (Wildman–Crippen MR) is 204 cm³/mol. The number of hydrogen-bond acceptors (Lipinski definition) is 0. The normalized spacial score (nSPS) is 18.7. The van der Waals surface area contributed by atoms with E-state index in [4.69, 9.17) is 17.0 Å². The summed E-state index contributed by atoms with van der Waals surface area (Å²) in [5, 5.41) is 0. The molecule has 0 radical (unpaired) electrons. The Balaban J connectivity index is 1.57. The molecule has 6 rings (SSSR count). The van der Waals surface area contributed by atoms with Crippen LogP contribution >= 0.6 is 17.0 Å². The van der Waals surface area contributed by atoms with Gasteiger partial charge in [0.1, 0.15) is 0 Å². The number of halogens is 2. The summed E-state index contributed by atoms with van der Waals surface area (Å²) in [5.41, 5.74) is 17.3. The number of fused-ring (bicyclic) bond motifs is 2. The van der Waals surface area contributed by atoms with Gasteiger partial charge in [-0.2, -0.15) is 0 Å². The molecule has 2 aliphatic rings. The zero-order valence-corrected chi connectivity index (χ0v) is 34.4. The summed E-state index contributed by atoms with van der Waals surface area (Å²) in [6.45, 7) is 23.1. The van der Waals surface area contributed by atoms with Gasteiger partial charge in [-0.15, -0.1) is 0 Å². The monoisotopic (exact) mass is 741 g/mol. The summed E-state index contributed by atoms with van der Waals surface area (Å²) in [7, 11) is 17.3. The first-order valence-corrected chi connectivity index (χ1v) is 33.3. The molecule has 4 aromatic carbocycles. The first-order valence-electron chi connectivity index (χ1n) is 16.9. The molecule has 4 aromatic rings. The third-order valence-electron chi connectivity index (χ3n) is 11.0. The van der Waals surface area contributed by atoms with Crippen molar-refractivity contribution in [1.82, 2.24) is 0 Å². The molecule has 0 bridgehead atoms. The summed E-state index contributed by atoms with van der Waals surface area (Å²) < 4.78 is 0.172. The SMILES string of the molecule is CC1=Cc2c(-c3ccc(C(C)(C)C)cc3)ccc(C)c2[CH]1[Zr]([Cl])([Cl])([CH]1C(C(C)C)=Cc2c(-c3cccc(C)c3)cccc21)[SiH](C)C. The van der Waals surface area contributed by atoms with Crippen LogP contribution in [0.1, 0.15) is 87.7 Å². The van der Waals surface area contributed by atoms with Gasteiger partial charge in [-0.25, -0.2) is 0 Å². The zero-order chi connectivity index (χ0) is 33.4. The van der Waals surface area contributed by atoms with Gasteiger partial charge < -0.3 is 0 Å². The molecule has 0 heterocycles. The van der Waals surface area contributed by atoms with Crippen molar-refractivity contribution in [2.45, 2.75) is 81.2 Å². The average Bonchev–Trinajstić information content (AvgIpc) is 3.57. The third-order valence-corrected chi connectivity index (χ3v) is 62.9. The van der Waals surface area contributed by atoms with Crippen molar-refractivity contribution in [3.8, 4) is 22.3 Å². The average molecular weight is 744 g/mol. The van der Waals surface area contributed by atoms with Crippen molar-refractivity contribution < 1.29 is 15.6 Å². The standard InChI is InChI=1S/C21H23.C19H19.C2H7Si.2ClH.Zr/c1-14-12-19-15(2)6-11-18(20(19)13-14)16-7-9-17(10-8-16)21(3,4)5;1-13(2)17-11-16-8-5-9-18(19(16)12-17)15-7-4-6-14(3)10-15;1-3-2;;;/h6-13H,1-5H3;4-13H,1-3H3;3H,1-2H3;2*1H;/q;;;;;+2/p-2. The van der Waals surface area contributed by atoms with Crippen molar-refractivity contribution in [3.05, 3.63) is 129 Å². The van der Waals surface area contributed by atoms with Crippen LogP contribution in [-0.2, 0) is 21.0 Å². The molecule has 0 amide bonds. The molecule has 0 nitrogen and oxygen atoms in total. The van der Waals surface area contributed by atoms with Gasteiger partial charge in [0.05, 0.1) is 0 Å². The maximum absolute atomic E-state index is 8.65. The van der Waals surface area contributed by atoms with Crippen LogP contribution < -0.4 is 0 Å². The van der Waals surface area contributed by atoms with Crippen LogP contribution in [0.5, 0.6) is 0 Å². The number of benzene rings is 4. The van der Waals surface area contributed by atoms with E-state index in [1.165, 1.54) is 72.3 Å². The molecule has 2 unspecified atom stereocenters. The second kappa shape index (κ2) is 11.9. The minimum absolute atomic E-state index is 0.0842. The van der Waals surface area contributed by atoms with E-state index in [9.17, 15) is 0 Å². The molecular weight excluding hydrogens is 695 g/mol. The first-order chi connectivity index (χ1) is 21.5. The van der Waals surface area contributed by atoms with Gasteiger partial charge >= 0.3 is 289 Å². The van der Waals surface area contributed by atoms with Crippen molar-refractivity contribution >= 4 is 35.1 Å². The fourth-order valence-corrected chi connectivity index (χ4v) is 40.6. The van der Waals surface area contributed by atoms with Crippen LogP contribution in [0.4, 0.5) is 0 Å². The fourth-order valence-electron chi connectivity index (χ4n) is 8.37. The summed E-state index contributed by atoms with van der Waals surface area (Å²) in [4.78, 5) is 0. The van der Waals surface area contributed by atoms with Gasteiger partial charge in [-0.1, -0.05) is 0 Å². The second-order valence-electron chi connectivity index (χ2n) is 15.7. The van der Waals surface area contributed by atoms with E-state index in [0.29, 0.717) is 5.92 Å². The Hall–Kier alpha value is -1.96. The van der Waals surface area contributed by atoms with Gasteiger partial charge in [-0.05, 0) is 0 Å². The molecule has 46 heavy (non-hydrogen) atoms. The van der Waals surface area contributed by atoms with Crippen molar-refractivity contribution in [2.24, 2.45) is 5.92 Å². The maximum atomic E-state index is 8.65. The van der Waals surface area contributed by atoms with E-state index >= 15 is 0 Å². The molecule has 0 aromatic heterocycles. The zero-order valence-electron chi connectivity index (χ0n) is 29.2. The molecule has 239 valence electrons. The summed E-state index contributed by atoms with van der Waals surface area (Å²) >= 11 is -4.83. The van der Waals surface area contributed by atoms with E-state index in [-0.39, 0.29) is 12.7 Å². The Morgan fingerprint density at radius 3 is 1.98 bits per heavy atom. The topological polar surface area (TPSA) is 0 Å². The number of rotatable bonds is 6. The van der Waals surface area contributed by atoms with E-state index in [1.807, 2.05) is 0 Å². The fraction of sp³-hybridized carbons (Fsp3) is 0.333. The molecule has 0 N–H and O–H groups in total. The first kappa shape index (κ1) is 33.9. The molecular formula is C42H49Cl2SiZr. The van der Waals surface area contributed by atoms with Crippen LogP contribution in [0.15, 0.2) is 90.0 Å². The Bertz CT molecular complexity index is 1900. The van der Waals surface area contributed by atoms with Crippen LogP contribution in [0.25, 0.3) is 34.4 Å². The van der Waals surface area contributed by atoms with Gasteiger partial charge in [0.2, 0.25) is 0 Å². The Kier molecular flexibility index (Phi) is 8.76. The van der Waals surface area contributed by atoms with E-state index in [2.05, 4.69) is 159 Å². The number of hydrogen-bond donors (Lipinski definition) is 0. The van der Waals surface area contributed by atoms with E-state index < -0.39 is 21.5 Å². The van der Waals surface area contributed by atoms with Crippen LogP contribution in [0.2, 0.25) is 13.1 Å². The minimum atomic E-state index is -4.83. The van der Waals surface area contributed by atoms with Crippen LogP contribution in [-0.4, -0.2) is 5.92 Å². The van der Waals surface area contributed by atoms with Crippen LogP contribution in [0, 0.1) is 19.8 Å². The van der Waals surface area contributed by atoms with Crippen molar-refractivity contribution in [3.63, 3.8) is 0 Å². The van der Waals surface area contributed by atoms with Gasteiger partial charge in [0, 0.05) is 0 Å². The summed E-state index contributed by atoms with van der Waals surface area (Å²) in [6.07, 6.45) is 4.92. The van der Waals surface area contributed by atoms with E-state index in [1.54, 1.807) is 0 Å². The van der Waals surface area contributed by atoms with Gasteiger partial charge in [-0.3, -0.25) is 0 Å². The number of allylic oxidation sites excluding steroid dienone is 2. The molecule has 0 spiro atoms. The summed E-state index contributed by atoms with van der Waals surface area (Å²) in [5.74, 6) is -1.29. The quantitative estimate of drug-likeness (QED) is 0.173. The predicted octanol–water partition coefficient (Wildman–Crippen LogP) is 13.2.